The van der Waals surface area contributed by atoms with E-state index in [-0.39, 0.29) is 0 Å². The third kappa shape index (κ3) is 4.14. The van der Waals surface area contributed by atoms with Gasteiger partial charge in [-0.15, -0.1) is 4.33 Å². The molecule has 82 valence electrons. The SMILES string of the molecule is O=C(NO)Nc1ccc(SOOO)cc1. The van der Waals surface area contributed by atoms with Crippen molar-refractivity contribution in [2.75, 3.05) is 5.32 Å². The average Bonchev–Trinajstić information content (AvgIpc) is 2.28. The predicted molar refractivity (Wildman–Crippen MR) is 51.0 cm³/mol. The van der Waals surface area contributed by atoms with Crippen molar-refractivity contribution in [2.45, 2.75) is 4.90 Å². The number of carbonyl (C=O) groups is 1. The van der Waals surface area contributed by atoms with Crippen molar-refractivity contribution in [3.8, 4) is 0 Å². The molecule has 8 heteroatoms. The maximum atomic E-state index is 10.7. The highest BCUT2D eigenvalue weighted by molar-refractivity contribution is 7.94. The lowest BCUT2D eigenvalue weighted by molar-refractivity contribution is -0.432. The largest absolute Gasteiger partial charge is 0.342 e. The normalized spacial score (nSPS) is 9.73. The topological polar surface area (TPSA) is 100 Å². The van der Waals surface area contributed by atoms with Crippen LogP contribution in [0.15, 0.2) is 29.2 Å². The summed E-state index contributed by atoms with van der Waals surface area (Å²) in [5.41, 5.74) is 1.93. The number of urea groups is 1. The minimum atomic E-state index is -0.731. The summed E-state index contributed by atoms with van der Waals surface area (Å²) >= 11 is 0.804. The second kappa shape index (κ2) is 6.22. The Labute approximate surface area is 89.0 Å². The van der Waals surface area contributed by atoms with Crippen molar-refractivity contribution in [1.82, 2.24) is 5.48 Å². The molecule has 1 aromatic rings. The Morgan fingerprint density at radius 1 is 1.33 bits per heavy atom. The van der Waals surface area contributed by atoms with Crippen LogP contribution in [0.2, 0.25) is 0 Å². The van der Waals surface area contributed by atoms with Gasteiger partial charge in [-0.2, -0.15) is 0 Å². The number of carbonyl (C=O) groups excluding carboxylic acids is 1. The quantitative estimate of drug-likeness (QED) is 0.272. The number of hydroxylamine groups is 1. The maximum Gasteiger partial charge on any atom is 0.342 e. The summed E-state index contributed by atoms with van der Waals surface area (Å²) in [4.78, 5) is 11.3. The number of anilines is 1. The fourth-order valence-corrected chi connectivity index (χ4v) is 1.16. The van der Waals surface area contributed by atoms with Gasteiger partial charge in [0, 0.05) is 10.6 Å². The standard InChI is InChI=1S/C7H8N2O5S/c10-7(9-11)8-5-1-3-6(4-2-5)15-14-13-12/h1-4,11-12H,(H2,8,9,10). The van der Waals surface area contributed by atoms with Gasteiger partial charge < -0.3 is 5.32 Å². The number of hydrogen-bond donors (Lipinski definition) is 4. The van der Waals surface area contributed by atoms with E-state index in [1.165, 1.54) is 5.48 Å². The molecular weight excluding hydrogens is 224 g/mol. The molecule has 0 spiro atoms. The molecule has 0 fully saturated rings. The summed E-state index contributed by atoms with van der Waals surface area (Å²) in [5.74, 6) is 0. The van der Waals surface area contributed by atoms with Crippen molar-refractivity contribution in [3.05, 3.63) is 24.3 Å². The molecule has 15 heavy (non-hydrogen) atoms. The van der Waals surface area contributed by atoms with Crippen LogP contribution in [0.5, 0.6) is 0 Å². The minimum absolute atomic E-state index is 0.496. The van der Waals surface area contributed by atoms with Crippen LogP contribution in [-0.4, -0.2) is 16.5 Å². The van der Waals surface area contributed by atoms with E-state index in [1.807, 2.05) is 0 Å². The highest BCUT2D eigenvalue weighted by Gasteiger charge is 2.00. The van der Waals surface area contributed by atoms with Crippen molar-refractivity contribution in [1.29, 1.82) is 0 Å². The van der Waals surface area contributed by atoms with Gasteiger partial charge >= 0.3 is 6.03 Å². The van der Waals surface area contributed by atoms with Gasteiger partial charge in [-0.3, -0.25) is 5.21 Å². The molecule has 0 saturated carbocycles. The summed E-state index contributed by atoms with van der Waals surface area (Å²) in [7, 11) is 0. The van der Waals surface area contributed by atoms with E-state index in [9.17, 15) is 4.79 Å². The summed E-state index contributed by atoms with van der Waals surface area (Å²) in [6.45, 7) is 0. The number of hydrogen-bond acceptors (Lipinski definition) is 6. The van der Waals surface area contributed by atoms with Gasteiger partial charge in [-0.25, -0.2) is 15.5 Å². The third-order valence-electron chi connectivity index (χ3n) is 1.37. The highest BCUT2D eigenvalue weighted by atomic mass is 32.2. The first-order valence-corrected chi connectivity index (χ1v) is 4.46. The van der Waals surface area contributed by atoms with E-state index < -0.39 is 6.03 Å². The molecule has 0 aliphatic heterocycles. The second-order valence-corrected chi connectivity index (χ2v) is 3.09. The molecule has 0 heterocycles. The fraction of sp³-hybridized carbons (Fsp3) is 0. The summed E-state index contributed by atoms with van der Waals surface area (Å²) in [6.07, 6.45) is 0. The van der Waals surface area contributed by atoms with Crippen molar-refractivity contribution in [3.63, 3.8) is 0 Å². The Morgan fingerprint density at radius 3 is 2.53 bits per heavy atom. The zero-order chi connectivity index (χ0) is 11.1. The lowest BCUT2D eigenvalue weighted by atomic mass is 10.3. The zero-order valence-electron chi connectivity index (χ0n) is 7.34. The highest BCUT2D eigenvalue weighted by Crippen LogP contribution is 2.20. The van der Waals surface area contributed by atoms with E-state index >= 15 is 0 Å². The van der Waals surface area contributed by atoms with Gasteiger partial charge in [0.1, 0.15) is 0 Å². The van der Waals surface area contributed by atoms with Gasteiger partial charge in [-0.05, 0) is 24.3 Å². The van der Waals surface area contributed by atoms with Crippen LogP contribution >= 0.6 is 12.0 Å². The molecule has 0 aromatic heterocycles. The molecule has 1 rings (SSSR count). The number of nitrogens with one attached hydrogen (secondary N) is 2. The average molecular weight is 232 g/mol. The summed E-state index contributed by atoms with van der Waals surface area (Å²) in [6, 6.07) is 5.68. The van der Waals surface area contributed by atoms with Gasteiger partial charge in [-0.1, -0.05) is 5.04 Å². The van der Waals surface area contributed by atoms with E-state index in [0.29, 0.717) is 10.6 Å². The second-order valence-electron chi connectivity index (χ2n) is 2.32. The van der Waals surface area contributed by atoms with Crippen LogP contribution in [0.4, 0.5) is 10.5 Å². The molecule has 0 unspecified atom stereocenters. The molecule has 2 amide bonds. The first kappa shape index (κ1) is 11.8. The first-order chi connectivity index (χ1) is 7.26. The number of benzene rings is 1. The van der Waals surface area contributed by atoms with Gasteiger partial charge in [0.05, 0.1) is 12.0 Å². The predicted octanol–water partition coefficient (Wildman–Crippen LogP) is 1.63. The Morgan fingerprint density at radius 2 is 2.00 bits per heavy atom. The zero-order valence-corrected chi connectivity index (χ0v) is 8.15. The molecule has 7 nitrogen and oxygen atoms in total. The Balaban J connectivity index is 2.52. The van der Waals surface area contributed by atoms with Crippen molar-refractivity contribution in [2.24, 2.45) is 0 Å². The fourth-order valence-electron chi connectivity index (χ4n) is 0.807. The lowest BCUT2D eigenvalue weighted by Crippen LogP contribution is -2.24. The van der Waals surface area contributed by atoms with Crippen LogP contribution in [0.25, 0.3) is 0 Å². The molecule has 0 radical (unpaired) electrons. The van der Waals surface area contributed by atoms with Gasteiger partial charge in [0.15, 0.2) is 0 Å². The smallest absolute Gasteiger partial charge is 0.306 e. The summed E-state index contributed by atoms with van der Waals surface area (Å²) < 4.78 is 4.19. The molecule has 0 saturated heterocycles. The van der Waals surface area contributed by atoms with Gasteiger partial charge in [0.2, 0.25) is 0 Å². The van der Waals surface area contributed by atoms with Crippen LogP contribution < -0.4 is 10.8 Å². The molecule has 0 aliphatic carbocycles. The number of rotatable bonds is 4. The van der Waals surface area contributed by atoms with Crippen LogP contribution in [0, 0.1) is 0 Å². The van der Waals surface area contributed by atoms with Gasteiger partial charge in [0.25, 0.3) is 0 Å². The Bertz CT molecular complexity index is 318. The molecule has 0 atom stereocenters. The van der Waals surface area contributed by atoms with Crippen LogP contribution in [0.1, 0.15) is 0 Å². The molecule has 4 N–H and O–H groups in total. The molecule has 1 aromatic carbocycles. The summed E-state index contributed by atoms with van der Waals surface area (Å²) in [5, 5.41) is 21.9. The third-order valence-corrected chi connectivity index (χ3v) is 1.97. The first-order valence-electron chi connectivity index (χ1n) is 3.72. The van der Waals surface area contributed by atoms with Crippen LogP contribution in [-0.2, 0) is 9.37 Å². The minimum Gasteiger partial charge on any atom is -0.306 e. The van der Waals surface area contributed by atoms with E-state index in [1.54, 1.807) is 24.3 Å². The Hall–Kier alpha value is -1.32. The van der Waals surface area contributed by atoms with E-state index in [2.05, 4.69) is 14.7 Å². The molecule has 0 bridgehead atoms. The molecular formula is C7H8N2O5S. The molecule has 0 aliphatic rings. The van der Waals surface area contributed by atoms with Crippen molar-refractivity contribution >= 4 is 23.8 Å². The monoisotopic (exact) mass is 232 g/mol. The van der Waals surface area contributed by atoms with E-state index in [4.69, 9.17) is 10.5 Å². The Kier molecular flexibility index (Phi) is 4.87. The van der Waals surface area contributed by atoms with Crippen LogP contribution in [0.3, 0.4) is 0 Å². The van der Waals surface area contributed by atoms with Crippen molar-refractivity contribution < 1.29 is 24.6 Å². The maximum absolute atomic E-state index is 10.7. The lowest BCUT2D eigenvalue weighted by Gasteiger charge is -2.03. The van der Waals surface area contributed by atoms with E-state index in [0.717, 1.165) is 12.0 Å². The number of amides is 2.